The van der Waals surface area contributed by atoms with Gasteiger partial charge < -0.3 is 9.84 Å². The van der Waals surface area contributed by atoms with Crippen LogP contribution >= 0.6 is 23.2 Å². The highest BCUT2D eigenvalue weighted by Crippen LogP contribution is 2.42. The molecule has 0 bridgehead atoms. The van der Waals surface area contributed by atoms with Crippen molar-refractivity contribution in [3.8, 4) is 5.75 Å². The van der Waals surface area contributed by atoms with Gasteiger partial charge in [0.1, 0.15) is 23.4 Å². The Balaban J connectivity index is 1.93. The summed E-state index contributed by atoms with van der Waals surface area (Å²) in [5.41, 5.74) is 0.574. The van der Waals surface area contributed by atoms with Crippen molar-refractivity contribution in [1.29, 1.82) is 0 Å². The second kappa shape index (κ2) is 9.21. The number of rotatable bonds is 5. The van der Waals surface area contributed by atoms with Gasteiger partial charge in [0.25, 0.3) is 11.7 Å². The number of hydrogen-bond donors (Lipinski definition) is 1. The van der Waals surface area contributed by atoms with E-state index in [9.17, 15) is 19.1 Å². The third kappa shape index (κ3) is 4.17. The number of carbonyl (C=O) groups is 2. The minimum Gasteiger partial charge on any atom is -0.507 e. The highest BCUT2D eigenvalue weighted by atomic mass is 35.5. The largest absolute Gasteiger partial charge is 0.507 e. The SMILES string of the molecule is CCOc1cc(/C(O)=C2\C(=O)C(=O)N(c3ccc(F)c(Cl)c3)C2c2ccccn2)ccc1Cl. The monoisotopic (exact) mass is 486 g/mol. The van der Waals surface area contributed by atoms with Gasteiger partial charge >= 0.3 is 0 Å². The molecule has 1 saturated heterocycles. The summed E-state index contributed by atoms with van der Waals surface area (Å²) in [7, 11) is 0. The number of carbonyl (C=O) groups excluding carboxylic acids is 2. The van der Waals surface area contributed by atoms with Crippen LogP contribution in [-0.4, -0.2) is 28.4 Å². The Bertz CT molecular complexity index is 1280. The van der Waals surface area contributed by atoms with Gasteiger partial charge in [-0.25, -0.2) is 4.39 Å². The number of ketones is 1. The molecule has 0 aliphatic carbocycles. The van der Waals surface area contributed by atoms with Crippen LogP contribution in [0.5, 0.6) is 5.75 Å². The fourth-order valence-corrected chi connectivity index (χ4v) is 3.97. The zero-order chi connectivity index (χ0) is 23.7. The zero-order valence-corrected chi connectivity index (χ0v) is 18.8. The number of hydrogen-bond acceptors (Lipinski definition) is 5. The summed E-state index contributed by atoms with van der Waals surface area (Å²) >= 11 is 12.1. The Kier molecular flexibility index (Phi) is 6.35. The minimum atomic E-state index is -1.07. The maximum atomic E-state index is 13.8. The number of benzene rings is 2. The molecule has 1 aromatic heterocycles. The van der Waals surface area contributed by atoms with Gasteiger partial charge in [-0.3, -0.25) is 19.5 Å². The van der Waals surface area contributed by atoms with Crippen molar-refractivity contribution >= 4 is 46.3 Å². The van der Waals surface area contributed by atoms with E-state index in [1.807, 2.05) is 0 Å². The van der Waals surface area contributed by atoms with Crippen LogP contribution in [-0.2, 0) is 9.59 Å². The first-order chi connectivity index (χ1) is 15.8. The molecule has 1 aliphatic rings. The average molecular weight is 487 g/mol. The minimum absolute atomic E-state index is 0.177. The summed E-state index contributed by atoms with van der Waals surface area (Å²) in [6, 6.07) is 12.1. The summed E-state index contributed by atoms with van der Waals surface area (Å²) in [5.74, 6) is -2.60. The van der Waals surface area contributed by atoms with Gasteiger partial charge in [-0.1, -0.05) is 29.3 Å². The van der Waals surface area contributed by atoms with Gasteiger partial charge in [0.15, 0.2) is 0 Å². The van der Waals surface area contributed by atoms with E-state index in [-0.39, 0.29) is 21.8 Å². The van der Waals surface area contributed by atoms with E-state index < -0.39 is 29.3 Å². The molecule has 6 nitrogen and oxygen atoms in total. The van der Waals surface area contributed by atoms with E-state index in [2.05, 4.69) is 4.98 Å². The second-order valence-corrected chi connectivity index (χ2v) is 7.91. The van der Waals surface area contributed by atoms with Crippen LogP contribution < -0.4 is 9.64 Å². The molecule has 3 aromatic rings. The molecule has 1 aliphatic heterocycles. The van der Waals surface area contributed by atoms with Gasteiger partial charge in [-0.05, 0) is 55.5 Å². The van der Waals surface area contributed by atoms with Crippen molar-refractivity contribution in [2.45, 2.75) is 13.0 Å². The van der Waals surface area contributed by atoms with Crippen molar-refractivity contribution < 1.29 is 23.8 Å². The molecule has 9 heteroatoms. The van der Waals surface area contributed by atoms with Gasteiger partial charge in [0.05, 0.1) is 27.9 Å². The molecular formula is C24H17Cl2FN2O4. The molecule has 0 radical (unpaired) electrons. The quantitative estimate of drug-likeness (QED) is 0.290. The van der Waals surface area contributed by atoms with E-state index in [0.717, 1.165) is 11.0 Å². The molecule has 2 heterocycles. The molecule has 1 N–H and O–H groups in total. The Morgan fingerprint density at radius 1 is 1.12 bits per heavy atom. The van der Waals surface area contributed by atoms with Crippen LogP contribution in [0.1, 0.15) is 24.2 Å². The number of halogens is 3. The molecule has 0 saturated carbocycles. The standard InChI is InChI=1S/C24H17Cl2FN2O4/c1-2-33-19-11-13(6-8-15(19)25)22(30)20-21(18-5-3-4-10-28-18)29(24(32)23(20)31)14-7-9-17(27)16(26)12-14/h3-12,21,30H,2H2,1H3/b22-20+. The van der Waals surface area contributed by atoms with Crippen molar-refractivity contribution in [3.63, 3.8) is 0 Å². The lowest BCUT2D eigenvalue weighted by molar-refractivity contribution is -0.132. The first kappa shape index (κ1) is 22.8. The lowest BCUT2D eigenvalue weighted by Crippen LogP contribution is -2.29. The lowest BCUT2D eigenvalue weighted by Gasteiger charge is -2.24. The molecule has 33 heavy (non-hydrogen) atoms. The van der Waals surface area contributed by atoms with Crippen molar-refractivity contribution in [2.75, 3.05) is 11.5 Å². The van der Waals surface area contributed by atoms with Crippen molar-refractivity contribution in [3.05, 3.63) is 93.5 Å². The predicted octanol–water partition coefficient (Wildman–Crippen LogP) is 5.55. The van der Waals surface area contributed by atoms with Gasteiger partial charge in [-0.2, -0.15) is 0 Å². The maximum Gasteiger partial charge on any atom is 0.300 e. The normalized spacial score (nSPS) is 17.5. The highest BCUT2D eigenvalue weighted by molar-refractivity contribution is 6.51. The van der Waals surface area contributed by atoms with Crippen LogP contribution in [0.3, 0.4) is 0 Å². The molecule has 2 aromatic carbocycles. The van der Waals surface area contributed by atoms with Crippen LogP contribution in [0.2, 0.25) is 10.0 Å². The Morgan fingerprint density at radius 2 is 1.91 bits per heavy atom. The Morgan fingerprint density at radius 3 is 2.58 bits per heavy atom. The molecule has 0 spiro atoms. The Hall–Kier alpha value is -3.42. The predicted molar refractivity (Wildman–Crippen MR) is 123 cm³/mol. The van der Waals surface area contributed by atoms with E-state index in [4.69, 9.17) is 27.9 Å². The smallest absolute Gasteiger partial charge is 0.300 e. The molecule has 168 valence electrons. The number of Topliss-reactive ketones (excluding diaryl/α,β-unsaturated/α-hetero) is 1. The summed E-state index contributed by atoms with van der Waals surface area (Å²) in [5, 5.41) is 11.3. The van der Waals surface area contributed by atoms with Crippen molar-refractivity contribution in [1.82, 2.24) is 4.98 Å². The zero-order valence-electron chi connectivity index (χ0n) is 17.3. The number of nitrogens with zero attached hydrogens (tertiary/aromatic N) is 2. The van der Waals surface area contributed by atoms with Crippen LogP contribution in [0.4, 0.5) is 10.1 Å². The number of anilines is 1. The average Bonchev–Trinajstić information content (AvgIpc) is 3.08. The van der Waals surface area contributed by atoms with E-state index in [0.29, 0.717) is 23.1 Å². The molecule has 1 atom stereocenters. The number of aromatic nitrogens is 1. The van der Waals surface area contributed by atoms with Gasteiger partial charge in [0, 0.05) is 17.4 Å². The van der Waals surface area contributed by atoms with Crippen LogP contribution in [0, 0.1) is 5.82 Å². The summed E-state index contributed by atoms with van der Waals surface area (Å²) in [4.78, 5) is 31.6. The highest BCUT2D eigenvalue weighted by Gasteiger charge is 2.47. The molecule has 1 unspecified atom stereocenters. The van der Waals surface area contributed by atoms with Crippen LogP contribution in [0.15, 0.2) is 66.4 Å². The fourth-order valence-electron chi connectivity index (χ4n) is 3.62. The summed E-state index contributed by atoms with van der Waals surface area (Å²) in [6.45, 7) is 2.12. The van der Waals surface area contributed by atoms with E-state index >= 15 is 0 Å². The number of amides is 1. The van der Waals surface area contributed by atoms with E-state index in [1.165, 1.54) is 36.5 Å². The maximum absolute atomic E-state index is 13.8. The first-order valence-corrected chi connectivity index (χ1v) is 10.7. The number of aliphatic hydroxyl groups is 1. The second-order valence-electron chi connectivity index (χ2n) is 7.10. The van der Waals surface area contributed by atoms with Crippen molar-refractivity contribution in [2.24, 2.45) is 0 Å². The first-order valence-electron chi connectivity index (χ1n) is 9.93. The van der Waals surface area contributed by atoms with E-state index in [1.54, 1.807) is 25.1 Å². The fraction of sp³-hybridized carbons (Fsp3) is 0.125. The summed E-state index contributed by atoms with van der Waals surface area (Å²) < 4.78 is 19.2. The number of ether oxygens (including phenoxy) is 1. The molecule has 1 fully saturated rings. The topological polar surface area (TPSA) is 79.7 Å². The molecule has 1 amide bonds. The lowest BCUT2D eigenvalue weighted by atomic mass is 9.98. The third-order valence-electron chi connectivity index (χ3n) is 5.10. The van der Waals surface area contributed by atoms with Gasteiger partial charge in [-0.15, -0.1) is 0 Å². The number of aliphatic hydroxyl groups excluding tert-OH is 1. The molecular weight excluding hydrogens is 470 g/mol. The van der Waals surface area contributed by atoms with Crippen LogP contribution in [0.25, 0.3) is 5.76 Å². The number of pyridine rings is 1. The molecule has 4 rings (SSSR count). The van der Waals surface area contributed by atoms with Gasteiger partial charge in [0.2, 0.25) is 0 Å². The summed E-state index contributed by atoms with van der Waals surface area (Å²) in [6.07, 6.45) is 1.50. The third-order valence-corrected chi connectivity index (χ3v) is 5.70. The Labute approximate surface area is 198 Å².